The van der Waals surface area contributed by atoms with Gasteiger partial charge >= 0.3 is 12.1 Å². The highest BCUT2D eigenvalue weighted by Gasteiger charge is 1.98. The highest BCUT2D eigenvalue weighted by molar-refractivity contribution is 4.87. The van der Waals surface area contributed by atoms with E-state index in [1.165, 1.54) is 0 Å². The Bertz CT molecular complexity index is 195. The number of rotatable bonds is 6. The lowest BCUT2D eigenvalue weighted by Crippen LogP contribution is -2.03. The summed E-state index contributed by atoms with van der Waals surface area (Å²) in [5.74, 6) is -0.445. The third-order valence-corrected chi connectivity index (χ3v) is 0.881. The molecule has 0 saturated heterocycles. The second kappa shape index (κ2) is 7.57. The molecule has 0 heterocycles. The first-order valence-electron chi connectivity index (χ1n) is 3.36. The van der Waals surface area contributed by atoms with Crippen LogP contribution in [0, 0.1) is 5.39 Å². The summed E-state index contributed by atoms with van der Waals surface area (Å²) in [5.41, 5.74) is 0. The van der Waals surface area contributed by atoms with Crippen LogP contribution in [0.25, 0.3) is 4.98 Å². The van der Waals surface area contributed by atoms with Gasteiger partial charge in [-0.1, -0.05) is 6.08 Å². The van der Waals surface area contributed by atoms with Crippen LogP contribution in [-0.2, 0) is 9.47 Å². The predicted octanol–water partition coefficient (Wildman–Crippen LogP) is 1.42. The molecule has 0 aliphatic heterocycles. The molecule has 0 aromatic carbocycles. The molecule has 0 saturated carbocycles. The molecule has 1 N–H and O–H groups in total. The van der Waals surface area contributed by atoms with Gasteiger partial charge in [-0.25, -0.2) is 0 Å². The fourth-order valence-electron chi connectivity index (χ4n) is 0.458. The molecule has 0 aromatic heterocycles. The van der Waals surface area contributed by atoms with Crippen molar-refractivity contribution in [3.05, 3.63) is 29.8 Å². The minimum atomic E-state index is -0.445. The van der Waals surface area contributed by atoms with Crippen molar-refractivity contribution in [1.29, 1.82) is 5.39 Å². The number of diazo groups is 1. The molecule has 0 aliphatic carbocycles. The molecule has 0 aliphatic rings. The number of aliphatic hydroxyl groups is 1. The summed E-state index contributed by atoms with van der Waals surface area (Å²) in [4.78, 5) is 2.56. The Labute approximate surface area is 70.5 Å². The Kier molecular flexibility index (Phi) is 6.59. The van der Waals surface area contributed by atoms with Gasteiger partial charge in [0.1, 0.15) is 6.61 Å². The number of nitrogens with zero attached hydrogens (tertiary/aromatic N) is 2. The first-order valence-corrected chi connectivity index (χ1v) is 3.36. The molecule has 0 atom stereocenters. The van der Waals surface area contributed by atoms with Crippen molar-refractivity contribution in [2.24, 2.45) is 0 Å². The van der Waals surface area contributed by atoms with Gasteiger partial charge in [0.15, 0.2) is 4.98 Å². The normalized spacial score (nSPS) is 10.4. The topological polar surface area (TPSA) is 66.8 Å². The zero-order chi connectivity index (χ0) is 9.23. The highest BCUT2D eigenvalue weighted by atomic mass is 16.6. The van der Waals surface area contributed by atoms with Crippen LogP contribution in [0.5, 0.6) is 0 Å². The molecule has 0 amide bonds. The number of hydrogen-bond acceptors (Lipinski definition) is 4. The molecule has 0 unspecified atom stereocenters. The van der Waals surface area contributed by atoms with Crippen LogP contribution >= 0.6 is 0 Å². The van der Waals surface area contributed by atoms with E-state index >= 15 is 0 Å². The van der Waals surface area contributed by atoms with Gasteiger partial charge in [-0.15, -0.1) is 6.58 Å². The maximum atomic E-state index is 8.72. The molecule has 0 fully saturated rings. The third-order valence-electron chi connectivity index (χ3n) is 0.881. The van der Waals surface area contributed by atoms with Crippen LogP contribution < -0.4 is 0 Å². The predicted molar refractivity (Wildman–Crippen MR) is 42.8 cm³/mol. The molecule has 5 nitrogen and oxygen atoms in total. The van der Waals surface area contributed by atoms with Crippen LogP contribution in [0.2, 0.25) is 0 Å². The Morgan fingerprint density at radius 1 is 1.58 bits per heavy atom. The summed E-state index contributed by atoms with van der Waals surface area (Å²) in [6.45, 7) is 4.43. The van der Waals surface area contributed by atoms with Crippen LogP contribution in [0.4, 0.5) is 0 Å². The molecule has 0 spiro atoms. The molecule has 0 radical (unpaired) electrons. The molecule has 12 heavy (non-hydrogen) atoms. The lowest BCUT2D eigenvalue weighted by Gasteiger charge is -2.00. The van der Waals surface area contributed by atoms with E-state index in [9.17, 15) is 0 Å². The van der Waals surface area contributed by atoms with Crippen LogP contribution in [0.1, 0.15) is 0 Å². The van der Waals surface area contributed by atoms with Crippen LogP contribution in [-0.4, -0.2) is 24.9 Å². The number of hydrogen-bond donors (Lipinski definition) is 1. The average Bonchev–Trinajstić information content (AvgIpc) is 2.05. The second-order valence-corrected chi connectivity index (χ2v) is 1.79. The van der Waals surface area contributed by atoms with E-state index in [4.69, 9.17) is 15.2 Å². The molecule has 66 valence electrons. The van der Waals surface area contributed by atoms with Crippen LogP contribution in [0.15, 0.2) is 24.8 Å². The Morgan fingerprint density at radius 2 is 2.33 bits per heavy atom. The minimum Gasteiger partial charge on any atom is -0.476 e. The van der Waals surface area contributed by atoms with E-state index in [0.717, 1.165) is 6.20 Å². The Balaban J connectivity index is 3.26. The van der Waals surface area contributed by atoms with Gasteiger partial charge in [0.25, 0.3) is 0 Å². The SMILES string of the molecule is C=CCOCCO/C(O)=C/[N+]#N. The van der Waals surface area contributed by atoms with Crippen molar-refractivity contribution in [2.75, 3.05) is 19.8 Å². The van der Waals surface area contributed by atoms with Crippen molar-refractivity contribution in [3.63, 3.8) is 0 Å². The van der Waals surface area contributed by atoms with Crippen molar-refractivity contribution in [1.82, 2.24) is 0 Å². The molecule has 5 heteroatoms. The molecule has 0 bridgehead atoms. The highest BCUT2D eigenvalue weighted by Crippen LogP contribution is 1.91. The third kappa shape index (κ3) is 6.58. The monoisotopic (exact) mass is 171 g/mol. The second-order valence-electron chi connectivity index (χ2n) is 1.79. The van der Waals surface area contributed by atoms with Gasteiger partial charge in [-0.05, 0) is 0 Å². The standard InChI is InChI=1S/C7H10N2O3/c1-2-3-11-4-5-12-7(10)6-9-8/h2,6H,1,3-5H2/p+1/b7-6+. The van der Waals surface area contributed by atoms with Crippen molar-refractivity contribution >= 4 is 0 Å². The summed E-state index contributed by atoms with van der Waals surface area (Å²) >= 11 is 0. The molecule has 0 aromatic rings. The number of ether oxygens (including phenoxy) is 2. The van der Waals surface area contributed by atoms with E-state index in [1.807, 2.05) is 0 Å². The minimum absolute atomic E-state index is 0.200. The maximum absolute atomic E-state index is 8.72. The van der Waals surface area contributed by atoms with E-state index < -0.39 is 5.95 Å². The largest absolute Gasteiger partial charge is 0.476 e. The van der Waals surface area contributed by atoms with Gasteiger partial charge in [0.05, 0.1) is 13.2 Å². The number of aliphatic hydroxyl groups excluding tert-OH is 1. The summed E-state index contributed by atoms with van der Waals surface area (Å²) in [7, 11) is 0. The maximum Gasteiger partial charge on any atom is 0.429 e. The smallest absolute Gasteiger partial charge is 0.429 e. The lowest BCUT2D eigenvalue weighted by atomic mass is 10.7. The first kappa shape index (κ1) is 10.5. The molecule has 0 rings (SSSR count). The average molecular weight is 171 g/mol. The van der Waals surface area contributed by atoms with Crippen molar-refractivity contribution in [2.45, 2.75) is 0 Å². The van der Waals surface area contributed by atoms with Gasteiger partial charge in [-0.3, -0.25) is 0 Å². The Hall–Kier alpha value is -1.54. The van der Waals surface area contributed by atoms with E-state index in [0.29, 0.717) is 13.2 Å². The van der Waals surface area contributed by atoms with Gasteiger partial charge in [0.2, 0.25) is 5.39 Å². The molecular formula is C7H11N2O3+. The quantitative estimate of drug-likeness (QED) is 0.284. The first-order chi connectivity index (χ1) is 5.81. The summed E-state index contributed by atoms with van der Waals surface area (Å²) in [5, 5.41) is 16.7. The lowest BCUT2D eigenvalue weighted by molar-refractivity contribution is 0.0431. The van der Waals surface area contributed by atoms with Crippen LogP contribution in [0.3, 0.4) is 0 Å². The van der Waals surface area contributed by atoms with Gasteiger partial charge in [-0.2, -0.15) is 0 Å². The van der Waals surface area contributed by atoms with E-state index in [-0.39, 0.29) is 6.61 Å². The Morgan fingerprint density at radius 3 is 2.92 bits per heavy atom. The van der Waals surface area contributed by atoms with E-state index in [1.54, 1.807) is 6.08 Å². The zero-order valence-electron chi connectivity index (χ0n) is 6.64. The summed E-state index contributed by atoms with van der Waals surface area (Å²) in [6, 6.07) is 0. The van der Waals surface area contributed by atoms with E-state index in [2.05, 4.69) is 16.3 Å². The fourth-order valence-corrected chi connectivity index (χ4v) is 0.458. The van der Waals surface area contributed by atoms with Crippen molar-refractivity contribution < 1.29 is 14.6 Å². The summed E-state index contributed by atoms with van der Waals surface area (Å²) < 4.78 is 9.57. The van der Waals surface area contributed by atoms with Crippen molar-refractivity contribution in [3.8, 4) is 0 Å². The van der Waals surface area contributed by atoms with Gasteiger partial charge in [0, 0.05) is 0 Å². The summed E-state index contributed by atoms with van der Waals surface area (Å²) in [6.07, 6.45) is 2.40. The molecular weight excluding hydrogens is 160 g/mol. The zero-order valence-corrected chi connectivity index (χ0v) is 6.64. The fraction of sp³-hybridized carbons (Fsp3) is 0.429. The van der Waals surface area contributed by atoms with Gasteiger partial charge < -0.3 is 14.6 Å².